The van der Waals surface area contributed by atoms with E-state index in [-0.39, 0.29) is 31.2 Å². The maximum absolute atomic E-state index is 13.9. The highest BCUT2D eigenvalue weighted by atomic mass is 19.3. The lowest BCUT2D eigenvalue weighted by atomic mass is 10.1. The topological polar surface area (TPSA) is 92.0 Å². The Kier molecular flexibility index (Phi) is 4.31. The number of nitrogens with one attached hydrogen (secondary N) is 1. The lowest BCUT2D eigenvalue weighted by Gasteiger charge is -2.23. The first-order valence-electron chi connectivity index (χ1n) is 9.60. The monoisotopic (exact) mass is 415 g/mol. The van der Waals surface area contributed by atoms with E-state index in [1.807, 2.05) is 0 Å². The number of aromatic nitrogens is 3. The number of carbonyl (C=O) groups excluding carboxylic acids is 1. The Hall–Kier alpha value is -3.27. The maximum Gasteiger partial charge on any atom is 0.266 e. The van der Waals surface area contributed by atoms with Crippen molar-refractivity contribution in [2.45, 2.75) is 24.9 Å². The van der Waals surface area contributed by atoms with Gasteiger partial charge < -0.3 is 20.1 Å². The lowest BCUT2D eigenvalue weighted by molar-refractivity contribution is 0.0257. The van der Waals surface area contributed by atoms with Gasteiger partial charge in [0, 0.05) is 43.4 Å². The van der Waals surface area contributed by atoms with Gasteiger partial charge in [-0.25, -0.2) is 18.3 Å². The van der Waals surface area contributed by atoms with Crippen LogP contribution in [0.25, 0.3) is 5.65 Å². The molecule has 8 nitrogen and oxygen atoms in total. The van der Waals surface area contributed by atoms with Crippen molar-refractivity contribution in [3.63, 3.8) is 0 Å². The number of hydrogen-bond acceptors (Lipinski definition) is 6. The Morgan fingerprint density at radius 2 is 2.27 bits per heavy atom. The van der Waals surface area contributed by atoms with Gasteiger partial charge in [0.1, 0.15) is 17.4 Å². The highest BCUT2D eigenvalue weighted by molar-refractivity contribution is 6.09. The molecule has 0 bridgehead atoms. The summed E-state index contributed by atoms with van der Waals surface area (Å²) in [7, 11) is 0. The molecule has 1 unspecified atom stereocenters. The van der Waals surface area contributed by atoms with Crippen molar-refractivity contribution in [3.05, 3.63) is 47.9 Å². The first kappa shape index (κ1) is 18.7. The molecule has 3 aromatic rings. The number of alkyl halides is 2. The van der Waals surface area contributed by atoms with Gasteiger partial charge in [-0.15, -0.1) is 0 Å². The van der Waals surface area contributed by atoms with Gasteiger partial charge in [-0.05, 0) is 12.1 Å². The summed E-state index contributed by atoms with van der Waals surface area (Å²) in [5.74, 6) is -2.69. The number of amides is 1. The van der Waals surface area contributed by atoms with Crippen molar-refractivity contribution in [3.8, 4) is 5.75 Å². The fourth-order valence-electron chi connectivity index (χ4n) is 3.93. The van der Waals surface area contributed by atoms with E-state index in [0.29, 0.717) is 29.2 Å². The summed E-state index contributed by atoms with van der Waals surface area (Å²) in [6, 6.07) is 5.09. The smallest absolute Gasteiger partial charge is 0.266 e. The quantitative estimate of drug-likeness (QED) is 0.678. The first-order valence-corrected chi connectivity index (χ1v) is 9.60. The molecule has 5 rings (SSSR count). The average molecular weight is 415 g/mol. The number of benzene rings is 1. The van der Waals surface area contributed by atoms with E-state index in [1.165, 1.54) is 10.7 Å². The summed E-state index contributed by atoms with van der Waals surface area (Å²) in [6.45, 7) is -0.422. The van der Waals surface area contributed by atoms with Crippen LogP contribution in [-0.4, -0.2) is 57.3 Å². The lowest BCUT2D eigenvalue weighted by Crippen LogP contribution is -2.26. The molecule has 0 aliphatic carbocycles. The summed E-state index contributed by atoms with van der Waals surface area (Å²) in [5.41, 5.74) is 2.35. The molecule has 0 radical (unpaired) electrons. The zero-order chi connectivity index (χ0) is 20.9. The molecule has 10 heteroatoms. The first-order chi connectivity index (χ1) is 14.4. The third-order valence-corrected chi connectivity index (χ3v) is 5.41. The molecular weight excluding hydrogens is 396 g/mol. The van der Waals surface area contributed by atoms with Crippen LogP contribution in [0.15, 0.2) is 36.8 Å². The van der Waals surface area contributed by atoms with E-state index in [4.69, 9.17) is 4.74 Å². The molecule has 2 aliphatic rings. The minimum Gasteiger partial charge on any atom is -0.487 e. The van der Waals surface area contributed by atoms with Gasteiger partial charge in [0.15, 0.2) is 5.65 Å². The van der Waals surface area contributed by atoms with Crippen molar-refractivity contribution in [2.75, 3.05) is 29.9 Å². The number of anilines is 2. The molecule has 2 aromatic heterocycles. The molecule has 4 heterocycles. The largest absolute Gasteiger partial charge is 0.487 e. The summed E-state index contributed by atoms with van der Waals surface area (Å²) in [6.07, 6.45) is 4.49. The molecule has 1 atom stereocenters. The van der Waals surface area contributed by atoms with Crippen LogP contribution in [0.5, 0.6) is 5.75 Å². The second-order valence-electron chi connectivity index (χ2n) is 7.53. The average Bonchev–Trinajstić information content (AvgIpc) is 3.42. The highest BCUT2D eigenvalue weighted by Crippen LogP contribution is 2.41. The van der Waals surface area contributed by atoms with Crippen LogP contribution in [0.1, 0.15) is 22.3 Å². The number of nitrogens with zero attached hydrogens (tertiary/aromatic N) is 4. The van der Waals surface area contributed by atoms with Crippen LogP contribution in [0.4, 0.5) is 20.2 Å². The molecule has 1 fully saturated rings. The van der Waals surface area contributed by atoms with Crippen molar-refractivity contribution in [2.24, 2.45) is 0 Å². The molecule has 30 heavy (non-hydrogen) atoms. The third kappa shape index (κ3) is 3.22. The zero-order valence-corrected chi connectivity index (χ0v) is 15.9. The number of aliphatic hydroxyl groups is 1. The van der Waals surface area contributed by atoms with Crippen LogP contribution >= 0.6 is 0 Å². The van der Waals surface area contributed by atoms with Gasteiger partial charge in [-0.1, -0.05) is 0 Å². The standard InChI is InChI=1S/C20H19F2N5O3/c21-20(22)2-5-26(11-20)16-8-17-12(6-13(10-28)30-17)7-15(16)25-19(29)14-9-24-27-4-1-3-23-18(14)27/h1,3-4,7-9,13,28H,2,5-6,10-11H2,(H,25,29). The molecule has 156 valence electrons. The Bertz CT molecular complexity index is 1130. The molecule has 2 aliphatic heterocycles. The van der Waals surface area contributed by atoms with E-state index in [1.54, 1.807) is 35.5 Å². The number of carbonyl (C=O) groups is 1. The normalized spacial score (nSPS) is 19.7. The van der Waals surface area contributed by atoms with Gasteiger partial charge in [-0.2, -0.15) is 5.10 Å². The highest BCUT2D eigenvalue weighted by Gasteiger charge is 2.39. The molecule has 1 amide bonds. The number of ether oxygens (including phenoxy) is 1. The maximum atomic E-state index is 13.9. The minimum atomic E-state index is -2.79. The van der Waals surface area contributed by atoms with E-state index < -0.39 is 18.4 Å². The second-order valence-corrected chi connectivity index (χ2v) is 7.53. The Labute approximate surface area is 170 Å². The van der Waals surface area contributed by atoms with Gasteiger partial charge >= 0.3 is 0 Å². The van der Waals surface area contributed by atoms with Crippen molar-refractivity contribution >= 4 is 22.9 Å². The van der Waals surface area contributed by atoms with E-state index in [0.717, 1.165) is 5.56 Å². The molecule has 0 saturated carbocycles. The predicted molar refractivity (Wildman–Crippen MR) is 104 cm³/mol. The summed E-state index contributed by atoms with van der Waals surface area (Å²) < 4.78 is 34.9. The van der Waals surface area contributed by atoms with Crippen LogP contribution in [0.3, 0.4) is 0 Å². The van der Waals surface area contributed by atoms with Gasteiger partial charge in [0.2, 0.25) is 0 Å². The van der Waals surface area contributed by atoms with Gasteiger partial charge in [-0.3, -0.25) is 4.79 Å². The van der Waals surface area contributed by atoms with Crippen molar-refractivity contribution in [1.82, 2.24) is 14.6 Å². The summed E-state index contributed by atoms with van der Waals surface area (Å²) >= 11 is 0. The number of aliphatic hydroxyl groups excluding tert-OH is 1. The Morgan fingerprint density at radius 1 is 1.40 bits per heavy atom. The predicted octanol–water partition coefficient (Wildman–Crippen LogP) is 2.12. The molecule has 2 N–H and O–H groups in total. The van der Waals surface area contributed by atoms with Crippen molar-refractivity contribution in [1.29, 1.82) is 0 Å². The van der Waals surface area contributed by atoms with Crippen molar-refractivity contribution < 1.29 is 23.4 Å². The number of halogens is 2. The molecular formula is C20H19F2N5O3. The molecule has 0 spiro atoms. The summed E-state index contributed by atoms with van der Waals surface area (Å²) in [5, 5.41) is 16.4. The van der Waals surface area contributed by atoms with Crippen LogP contribution in [0, 0.1) is 0 Å². The minimum absolute atomic E-state index is 0.151. The van der Waals surface area contributed by atoms with Crippen LogP contribution in [0.2, 0.25) is 0 Å². The number of rotatable bonds is 4. The molecule has 1 aromatic carbocycles. The second kappa shape index (κ2) is 6.91. The molecule has 1 saturated heterocycles. The number of fused-ring (bicyclic) bond motifs is 2. The van der Waals surface area contributed by atoms with E-state index in [2.05, 4.69) is 15.4 Å². The Balaban J connectivity index is 1.51. The zero-order valence-electron chi connectivity index (χ0n) is 15.9. The third-order valence-electron chi connectivity index (χ3n) is 5.41. The van der Waals surface area contributed by atoms with Crippen LogP contribution < -0.4 is 15.0 Å². The van der Waals surface area contributed by atoms with Gasteiger partial charge in [0.25, 0.3) is 11.8 Å². The van der Waals surface area contributed by atoms with E-state index >= 15 is 0 Å². The van der Waals surface area contributed by atoms with E-state index in [9.17, 15) is 18.7 Å². The fraction of sp³-hybridized carbons (Fsp3) is 0.350. The SMILES string of the molecule is O=C(Nc1cc2c(cc1N1CCC(F)(F)C1)OC(CO)C2)c1cnn2cccnc12. The Morgan fingerprint density at radius 3 is 3.03 bits per heavy atom. The number of hydrogen-bond donors (Lipinski definition) is 2. The van der Waals surface area contributed by atoms with Crippen LogP contribution in [-0.2, 0) is 6.42 Å². The van der Waals surface area contributed by atoms with Gasteiger partial charge in [0.05, 0.1) is 30.7 Å². The summed E-state index contributed by atoms with van der Waals surface area (Å²) in [4.78, 5) is 18.7. The fourth-order valence-corrected chi connectivity index (χ4v) is 3.93.